The molecule has 24 heavy (non-hydrogen) atoms. The maximum atomic E-state index is 10.6. The van der Waals surface area contributed by atoms with E-state index in [0.29, 0.717) is 24.1 Å². The maximum absolute atomic E-state index is 10.6. The lowest BCUT2D eigenvalue weighted by atomic mass is 9.93. The van der Waals surface area contributed by atoms with E-state index in [9.17, 15) is 4.21 Å². The van der Waals surface area contributed by atoms with Crippen LogP contribution in [0.1, 0.15) is 19.3 Å². The Kier molecular flexibility index (Phi) is 5.27. The Morgan fingerprint density at radius 3 is 2.83 bits per heavy atom. The number of aromatic nitrogens is 4. The van der Waals surface area contributed by atoms with Gasteiger partial charge >= 0.3 is 0 Å². The van der Waals surface area contributed by atoms with E-state index in [4.69, 9.17) is 9.29 Å². The summed E-state index contributed by atoms with van der Waals surface area (Å²) in [5.74, 6) is 1.43. The fraction of sp³-hybridized carbons (Fsp3) is 0.643. The molecule has 1 aliphatic heterocycles. The first kappa shape index (κ1) is 17.1. The first-order chi connectivity index (χ1) is 11.6. The Morgan fingerprint density at radius 2 is 2.17 bits per heavy atom. The molecule has 2 N–H and O–H groups in total. The van der Waals surface area contributed by atoms with Crippen molar-refractivity contribution in [1.82, 2.24) is 24.2 Å². The number of hydrogen-bond acceptors (Lipinski definition) is 6. The molecule has 1 saturated heterocycles. The zero-order chi connectivity index (χ0) is 17.1. The molecule has 9 nitrogen and oxygen atoms in total. The van der Waals surface area contributed by atoms with E-state index in [1.165, 1.54) is 6.33 Å². The monoisotopic (exact) mass is 354 g/mol. The largest absolute Gasteiger partial charge is 0.468 e. The van der Waals surface area contributed by atoms with E-state index >= 15 is 0 Å². The summed E-state index contributed by atoms with van der Waals surface area (Å²) >= 11 is -1.92. The summed E-state index contributed by atoms with van der Waals surface area (Å²) in [6, 6.07) is 0.518. The van der Waals surface area contributed by atoms with E-state index < -0.39 is 11.3 Å². The van der Waals surface area contributed by atoms with Crippen LogP contribution in [0.15, 0.2) is 6.33 Å². The number of fused-ring (bicyclic) bond motifs is 1. The van der Waals surface area contributed by atoms with Crippen LogP contribution in [0.4, 0.5) is 5.82 Å². The highest BCUT2D eigenvalue weighted by Gasteiger charge is 2.24. The predicted molar refractivity (Wildman–Crippen MR) is 91.2 cm³/mol. The third kappa shape index (κ3) is 3.50. The van der Waals surface area contributed by atoms with Crippen LogP contribution in [0.5, 0.6) is 6.01 Å². The number of hydrogen-bond donors (Lipinski definition) is 2. The van der Waals surface area contributed by atoms with Gasteiger partial charge in [0, 0.05) is 26.7 Å². The van der Waals surface area contributed by atoms with E-state index in [0.717, 1.165) is 43.7 Å². The molecule has 0 aromatic carbocycles. The molecular weight excluding hydrogens is 332 g/mol. The molecular formula is C14H22N6O3S. The summed E-state index contributed by atoms with van der Waals surface area (Å²) < 4.78 is 29.0. The Morgan fingerprint density at radius 1 is 1.42 bits per heavy atom. The first-order valence-corrected chi connectivity index (χ1v) is 9.01. The van der Waals surface area contributed by atoms with Crippen molar-refractivity contribution >= 4 is 28.2 Å². The van der Waals surface area contributed by atoms with Crippen molar-refractivity contribution in [3.63, 3.8) is 0 Å². The average molecular weight is 354 g/mol. The van der Waals surface area contributed by atoms with Gasteiger partial charge in [-0.05, 0) is 25.2 Å². The number of aryl methyl sites for hydroxylation is 1. The van der Waals surface area contributed by atoms with Crippen LogP contribution in [0, 0.1) is 5.92 Å². The molecule has 0 aliphatic carbocycles. The van der Waals surface area contributed by atoms with Crippen LogP contribution in [-0.4, -0.2) is 55.0 Å². The van der Waals surface area contributed by atoms with Crippen LogP contribution in [0.25, 0.3) is 11.2 Å². The molecule has 3 rings (SSSR count). The summed E-state index contributed by atoms with van der Waals surface area (Å²) in [5.41, 5.74) is 1.52. The number of nitrogens with zero attached hydrogens (tertiary/aromatic N) is 5. The molecule has 132 valence electrons. The molecule has 10 heteroatoms. The lowest BCUT2D eigenvalue weighted by molar-refractivity contribution is 0.368. The van der Waals surface area contributed by atoms with Gasteiger partial charge in [0.05, 0.1) is 7.11 Å². The minimum Gasteiger partial charge on any atom is -0.468 e. The Hall–Kier alpha value is -1.78. The molecule has 3 heterocycles. The number of imidazole rings is 1. The standard InChI is InChI=1S/C14H22N6O3S/c1-19-11-12(18-14(19)23-2)15-9-16-13(11)20-7-4-10(5-8-20)3-6-17-24(21)22/h9-10,17H,3-8H2,1-2H3,(H,21,22). The van der Waals surface area contributed by atoms with Gasteiger partial charge in [-0.1, -0.05) is 0 Å². The van der Waals surface area contributed by atoms with E-state index in [1.807, 2.05) is 11.6 Å². The van der Waals surface area contributed by atoms with Gasteiger partial charge in [0.2, 0.25) is 11.3 Å². The van der Waals surface area contributed by atoms with Crippen molar-refractivity contribution in [3.05, 3.63) is 6.33 Å². The van der Waals surface area contributed by atoms with Gasteiger partial charge in [0.25, 0.3) is 6.01 Å². The maximum Gasteiger partial charge on any atom is 0.298 e. The van der Waals surface area contributed by atoms with E-state index in [2.05, 4.69) is 24.6 Å². The van der Waals surface area contributed by atoms with Gasteiger partial charge in [-0.3, -0.25) is 9.12 Å². The van der Waals surface area contributed by atoms with E-state index in [1.54, 1.807) is 7.11 Å². The highest BCUT2D eigenvalue weighted by Crippen LogP contribution is 2.30. The Balaban J connectivity index is 1.69. The van der Waals surface area contributed by atoms with Gasteiger partial charge in [0.15, 0.2) is 11.5 Å². The molecule has 0 spiro atoms. The molecule has 2 aromatic rings. The summed E-state index contributed by atoms with van der Waals surface area (Å²) in [5, 5.41) is 0. The highest BCUT2D eigenvalue weighted by molar-refractivity contribution is 7.77. The van der Waals surface area contributed by atoms with Crippen molar-refractivity contribution in [1.29, 1.82) is 0 Å². The smallest absolute Gasteiger partial charge is 0.298 e. The number of rotatable bonds is 6. The SMILES string of the molecule is COc1nc2ncnc(N3CCC(CCNS(=O)O)CC3)c2n1C. The van der Waals surface area contributed by atoms with Gasteiger partial charge < -0.3 is 9.64 Å². The number of anilines is 1. The van der Waals surface area contributed by atoms with Crippen molar-refractivity contribution in [2.75, 3.05) is 31.6 Å². The van der Waals surface area contributed by atoms with Crippen molar-refractivity contribution in [2.45, 2.75) is 19.3 Å². The molecule has 1 atom stereocenters. The first-order valence-electron chi connectivity index (χ1n) is 7.91. The number of piperidine rings is 1. The van der Waals surface area contributed by atoms with Crippen molar-refractivity contribution in [2.24, 2.45) is 13.0 Å². The number of nitrogens with one attached hydrogen (secondary N) is 1. The third-order valence-corrected chi connectivity index (χ3v) is 4.93. The fourth-order valence-electron chi connectivity index (χ4n) is 3.20. The molecule has 0 bridgehead atoms. The third-order valence-electron chi connectivity index (χ3n) is 4.48. The van der Waals surface area contributed by atoms with E-state index in [-0.39, 0.29) is 0 Å². The van der Waals surface area contributed by atoms with Crippen molar-refractivity contribution in [3.8, 4) is 6.01 Å². The zero-order valence-electron chi connectivity index (χ0n) is 13.8. The molecule has 1 unspecified atom stereocenters. The van der Waals surface area contributed by atoms with Gasteiger partial charge in [-0.25, -0.2) is 18.9 Å². The summed E-state index contributed by atoms with van der Waals surface area (Å²) in [6.45, 7) is 2.35. The molecule has 0 amide bonds. The minimum atomic E-state index is -1.92. The van der Waals surface area contributed by atoms with Crippen LogP contribution >= 0.6 is 0 Å². The lowest BCUT2D eigenvalue weighted by Gasteiger charge is -2.33. The Bertz CT molecular complexity index is 729. The van der Waals surface area contributed by atoms with Crippen molar-refractivity contribution < 1.29 is 13.5 Å². The van der Waals surface area contributed by atoms with Crippen LogP contribution in [-0.2, 0) is 18.3 Å². The summed E-state index contributed by atoms with van der Waals surface area (Å²) in [4.78, 5) is 15.3. The van der Waals surface area contributed by atoms with Gasteiger partial charge in [0.1, 0.15) is 11.8 Å². The van der Waals surface area contributed by atoms with Crippen LogP contribution in [0.3, 0.4) is 0 Å². The Labute approximate surface area is 142 Å². The molecule has 0 radical (unpaired) electrons. The molecule has 0 saturated carbocycles. The summed E-state index contributed by atoms with van der Waals surface area (Å²) in [6.07, 6.45) is 4.50. The fourth-order valence-corrected chi connectivity index (χ4v) is 3.49. The average Bonchev–Trinajstić information content (AvgIpc) is 2.91. The number of ether oxygens (including phenoxy) is 1. The molecule has 1 aliphatic rings. The second-order valence-corrected chi connectivity index (χ2v) is 6.68. The topological polar surface area (TPSA) is 105 Å². The molecule has 2 aromatic heterocycles. The van der Waals surface area contributed by atoms with Gasteiger partial charge in [-0.2, -0.15) is 4.98 Å². The second-order valence-electron chi connectivity index (χ2n) is 5.89. The summed E-state index contributed by atoms with van der Waals surface area (Å²) in [7, 11) is 3.49. The molecule has 1 fully saturated rings. The highest BCUT2D eigenvalue weighted by atomic mass is 32.2. The van der Waals surface area contributed by atoms with Crippen LogP contribution in [0.2, 0.25) is 0 Å². The zero-order valence-corrected chi connectivity index (χ0v) is 14.6. The quantitative estimate of drug-likeness (QED) is 0.736. The van der Waals surface area contributed by atoms with Crippen LogP contribution < -0.4 is 14.4 Å². The minimum absolute atomic E-state index is 0.518. The lowest BCUT2D eigenvalue weighted by Crippen LogP contribution is -2.35. The predicted octanol–water partition coefficient (Wildman–Crippen LogP) is 0.705. The van der Waals surface area contributed by atoms with Gasteiger partial charge in [-0.15, -0.1) is 0 Å². The normalized spacial score (nSPS) is 17.4. The second kappa shape index (κ2) is 7.41. The number of methoxy groups -OCH3 is 1.